The molecule has 6 aromatic rings. The smallest absolute Gasteiger partial charge is 0.201 e. The van der Waals surface area contributed by atoms with Crippen LogP contribution in [-0.2, 0) is 33.9 Å². The molecular weight excluding hydrogens is 715 g/mol. The maximum atomic E-state index is 8.67. The molecule has 0 radical (unpaired) electrons. The third-order valence-electron chi connectivity index (χ3n) is 10.3. The van der Waals surface area contributed by atoms with Crippen LogP contribution in [0.5, 0.6) is 0 Å². The van der Waals surface area contributed by atoms with E-state index in [1.54, 1.807) is 108 Å². The summed E-state index contributed by atoms with van der Waals surface area (Å²) in [7, 11) is 5.54. The van der Waals surface area contributed by atoms with Crippen LogP contribution in [0.15, 0.2) is 85.3 Å². The van der Waals surface area contributed by atoms with E-state index in [9.17, 15) is 0 Å². The van der Waals surface area contributed by atoms with Crippen molar-refractivity contribution in [3.63, 3.8) is 0 Å². The zero-order valence-corrected chi connectivity index (χ0v) is 38.0. The van der Waals surface area contributed by atoms with Crippen LogP contribution in [0.3, 0.4) is 0 Å². The summed E-state index contributed by atoms with van der Waals surface area (Å²) in [5.74, 6) is -0.423. The van der Waals surface area contributed by atoms with Gasteiger partial charge in [0.2, 0.25) is 17.1 Å². The Hall–Kier alpha value is -4.89. The molecular formula is C56H76N3+3. The minimum atomic E-state index is -2.47. The van der Waals surface area contributed by atoms with Crippen LogP contribution in [0, 0.1) is 87.2 Å². The number of nitrogens with zero attached hydrogens (tertiary/aromatic N) is 3. The lowest BCUT2D eigenvalue weighted by Crippen LogP contribution is -2.32. The maximum absolute atomic E-state index is 8.67. The summed E-state index contributed by atoms with van der Waals surface area (Å²) in [4.78, 5) is 0. The molecule has 0 aliphatic heterocycles. The van der Waals surface area contributed by atoms with Crippen molar-refractivity contribution in [2.75, 3.05) is 0 Å². The highest BCUT2D eigenvalue weighted by Crippen LogP contribution is 2.29. The Morgan fingerprint density at radius 1 is 0.492 bits per heavy atom. The highest BCUT2D eigenvalue weighted by atomic mass is 14.9. The fourth-order valence-corrected chi connectivity index (χ4v) is 7.13. The zero-order chi connectivity index (χ0) is 57.7. The fourth-order valence-electron chi connectivity index (χ4n) is 7.13. The van der Waals surface area contributed by atoms with Crippen molar-refractivity contribution in [3.05, 3.63) is 158 Å². The number of pyridine rings is 3. The van der Waals surface area contributed by atoms with E-state index in [0.717, 1.165) is 22.3 Å². The molecule has 0 fully saturated rings. The Kier molecular flexibility index (Phi) is 9.41. The van der Waals surface area contributed by atoms with Gasteiger partial charge in [0.1, 0.15) is 21.1 Å². The molecule has 0 unspecified atom stereocenters. The molecule has 0 spiro atoms. The maximum Gasteiger partial charge on any atom is 0.212 e. The van der Waals surface area contributed by atoms with Crippen molar-refractivity contribution in [2.45, 2.75) is 123 Å². The number of hydrogen-bond donors (Lipinski definition) is 0. The first kappa shape index (κ1) is 28.6. The molecule has 0 saturated carbocycles. The molecule has 59 heavy (non-hydrogen) atoms. The number of rotatable bonds is 6. The van der Waals surface area contributed by atoms with E-state index in [1.807, 2.05) is 0 Å². The van der Waals surface area contributed by atoms with E-state index in [1.165, 1.54) is 63.6 Å². The molecule has 0 aliphatic rings. The number of aromatic nitrogens is 3. The molecule has 3 aromatic carbocycles. The third kappa shape index (κ3) is 12.3. The van der Waals surface area contributed by atoms with Crippen molar-refractivity contribution < 1.29 is 35.6 Å². The second kappa shape index (κ2) is 19.4. The van der Waals surface area contributed by atoms with Gasteiger partial charge in [-0.25, -0.2) is 13.7 Å². The molecule has 312 valence electrons. The quantitative estimate of drug-likeness (QED) is 0.149. The standard InChI is InChI=1S/C20H28N.C19H26N.C17H22N/c1-14-8-9-18(15(2)10-14)19-11-17(12-20(4,5)6)16(3)13-21(19)7;1-13(2)9-17-11-19(20(6)12-16(17)5)18-8-7-14(3)10-15(18)4;1-11-7-13(3)15(5)16(8-11)17-9-12(2)14(4)10-18(17)6/h8-11,13H,12H2,1-7H3;7-8,10-13H,9H2,1-6H3;7-10H,1-6H3/q3*+1/i1D3,3D3,12D2;3D3,5D3,9D2;. The average molecular weight is 807 g/mol. The second-order valence-electron chi connectivity index (χ2n) is 17.3. The van der Waals surface area contributed by atoms with Gasteiger partial charge in [0.15, 0.2) is 18.6 Å². The molecule has 0 atom stereocenters. The first-order valence-corrected chi connectivity index (χ1v) is 20.2. The van der Waals surface area contributed by atoms with Crippen molar-refractivity contribution in [1.82, 2.24) is 0 Å². The van der Waals surface area contributed by atoms with Crippen LogP contribution in [-0.4, -0.2) is 0 Å². The Morgan fingerprint density at radius 3 is 1.41 bits per heavy atom. The SMILES string of the molecule is Cc1cc(C)c(C)c(-c2cc(C)c(C)c[n+]2C)c1.[2H]C([2H])([2H])c1ccc(-c2cc(C([2H])([2H])C(C)(C)C)c(C([2H])([2H])[2H])c[n+]2C)c(C)c1.[2H]C([2H])([2H])c1ccc(-c2cc(C([2H])([2H])C(C)C)c(C([2H])([2H])[2H])c[n+]2C)c(C)c1. The van der Waals surface area contributed by atoms with Gasteiger partial charge in [0.25, 0.3) is 0 Å². The van der Waals surface area contributed by atoms with Crippen LogP contribution in [0.25, 0.3) is 33.8 Å². The van der Waals surface area contributed by atoms with E-state index in [-0.39, 0.29) is 33.4 Å². The van der Waals surface area contributed by atoms with E-state index >= 15 is 0 Å². The lowest BCUT2D eigenvalue weighted by molar-refractivity contribution is -0.660. The van der Waals surface area contributed by atoms with Gasteiger partial charge in [-0.3, -0.25) is 0 Å². The highest BCUT2D eigenvalue weighted by Gasteiger charge is 2.20. The molecule has 6 rings (SSSR count). The average Bonchev–Trinajstić information content (AvgIpc) is 3.25. The van der Waals surface area contributed by atoms with E-state index in [2.05, 4.69) is 70.6 Å². The molecule has 0 saturated heterocycles. The molecule has 0 N–H and O–H groups in total. The van der Waals surface area contributed by atoms with Crippen molar-refractivity contribution >= 4 is 0 Å². The Bertz CT molecular complexity index is 3060. The normalized spacial score (nSPS) is 16.6. The number of hydrogen-bond acceptors (Lipinski definition) is 0. The summed E-state index contributed by atoms with van der Waals surface area (Å²) in [6, 6.07) is 19.6. The van der Waals surface area contributed by atoms with Gasteiger partial charge in [-0.1, -0.05) is 81.6 Å². The lowest BCUT2D eigenvalue weighted by atomic mass is 9.86. The Labute approximate surface area is 382 Å². The van der Waals surface area contributed by atoms with Crippen LogP contribution in [0.4, 0.5) is 0 Å². The molecule has 0 bridgehead atoms. The fraction of sp³-hybridized carbons (Fsp3) is 0.411. The van der Waals surface area contributed by atoms with Gasteiger partial charge in [-0.05, 0) is 157 Å². The van der Waals surface area contributed by atoms with Crippen LogP contribution >= 0.6 is 0 Å². The van der Waals surface area contributed by atoms with Gasteiger partial charge in [-0.2, -0.15) is 0 Å². The topological polar surface area (TPSA) is 11.6 Å². The summed E-state index contributed by atoms with van der Waals surface area (Å²) in [5, 5.41) is 0. The zero-order valence-electron chi connectivity index (χ0n) is 54.0. The van der Waals surface area contributed by atoms with E-state index in [0.29, 0.717) is 11.4 Å². The predicted molar refractivity (Wildman–Crippen MR) is 253 cm³/mol. The summed E-state index contributed by atoms with van der Waals surface area (Å²) in [5.41, 5.74) is 13.4. The van der Waals surface area contributed by atoms with E-state index < -0.39 is 51.5 Å². The van der Waals surface area contributed by atoms with Crippen molar-refractivity contribution in [2.24, 2.45) is 32.5 Å². The van der Waals surface area contributed by atoms with Crippen LogP contribution < -0.4 is 13.7 Å². The Morgan fingerprint density at radius 2 is 0.949 bits per heavy atom. The summed E-state index contributed by atoms with van der Waals surface area (Å²) >= 11 is 0. The molecule has 3 nitrogen and oxygen atoms in total. The lowest BCUT2D eigenvalue weighted by Gasteiger charge is -2.19. The largest absolute Gasteiger partial charge is 0.212 e. The number of aryl methyl sites for hydroxylation is 13. The highest BCUT2D eigenvalue weighted by molar-refractivity contribution is 5.65. The summed E-state index contributed by atoms with van der Waals surface area (Å²) in [6.45, 7) is 13.8. The summed E-state index contributed by atoms with van der Waals surface area (Å²) < 4.78 is 132. The molecule has 3 heteroatoms. The first-order chi connectivity index (χ1) is 33.8. The molecule has 0 amide bonds. The van der Waals surface area contributed by atoms with Crippen molar-refractivity contribution in [1.29, 1.82) is 0 Å². The number of benzene rings is 3. The van der Waals surface area contributed by atoms with Gasteiger partial charge in [-0.15, -0.1) is 0 Å². The van der Waals surface area contributed by atoms with Crippen molar-refractivity contribution in [3.8, 4) is 33.8 Å². The molecule has 3 heterocycles. The van der Waals surface area contributed by atoms with Crippen LogP contribution in [0.2, 0.25) is 0 Å². The minimum absolute atomic E-state index is 0.0192. The van der Waals surface area contributed by atoms with Gasteiger partial charge in [0, 0.05) is 73.5 Å². The van der Waals surface area contributed by atoms with E-state index in [4.69, 9.17) is 21.9 Å². The Balaban J connectivity index is 0.000000250. The molecule has 0 aliphatic carbocycles. The first-order valence-electron chi connectivity index (χ1n) is 28.2. The second-order valence-corrected chi connectivity index (χ2v) is 17.3. The minimum Gasteiger partial charge on any atom is -0.201 e. The van der Waals surface area contributed by atoms with Gasteiger partial charge >= 0.3 is 0 Å². The molecule has 3 aromatic heterocycles. The van der Waals surface area contributed by atoms with Gasteiger partial charge in [0.05, 0.1) is 0 Å². The predicted octanol–water partition coefficient (Wildman–Crippen LogP) is 12.7. The van der Waals surface area contributed by atoms with Crippen LogP contribution in [0.1, 0.15) is 129 Å². The van der Waals surface area contributed by atoms with Gasteiger partial charge < -0.3 is 0 Å². The third-order valence-corrected chi connectivity index (χ3v) is 10.3. The monoisotopic (exact) mass is 807 g/mol. The summed E-state index contributed by atoms with van der Waals surface area (Å²) in [6.07, 6.45) is 1.39.